The van der Waals surface area contributed by atoms with E-state index >= 15 is 0 Å². The fourth-order valence-corrected chi connectivity index (χ4v) is 2.01. The molecule has 0 saturated carbocycles. The Hall–Kier alpha value is -2.14. The van der Waals surface area contributed by atoms with E-state index < -0.39 is 0 Å². The van der Waals surface area contributed by atoms with Gasteiger partial charge in [-0.15, -0.1) is 0 Å². The van der Waals surface area contributed by atoms with Gasteiger partial charge in [-0.2, -0.15) is 0 Å². The normalized spacial score (nSPS) is 12.2. The van der Waals surface area contributed by atoms with Gasteiger partial charge in [0.2, 0.25) is 5.56 Å². The number of hydrogen-bond donors (Lipinski definition) is 3. The van der Waals surface area contributed by atoms with Crippen LogP contribution in [0.1, 0.15) is 18.9 Å². The Bertz CT molecular complexity index is 616. The van der Waals surface area contributed by atoms with Crippen LogP contribution >= 0.6 is 0 Å². The Kier molecular flexibility index (Phi) is 4.53. The third-order valence-electron chi connectivity index (χ3n) is 3.27. The number of rotatable bonds is 5. The van der Waals surface area contributed by atoms with E-state index in [0.717, 1.165) is 28.9 Å². The number of nitrogens with one attached hydrogen (secondary N) is 2. The molecule has 2 aromatic heterocycles. The van der Waals surface area contributed by atoms with E-state index in [-0.39, 0.29) is 18.2 Å². The van der Waals surface area contributed by atoms with Crippen molar-refractivity contribution in [2.24, 2.45) is 0 Å². The number of nitrogens with zero attached hydrogens (tertiary/aromatic N) is 1. The van der Waals surface area contributed by atoms with Crippen LogP contribution in [0.5, 0.6) is 0 Å². The van der Waals surface area contributed by atoms with Crippen LogP contribution in [0.2, 0.25) is 0 Å². The maximum atomic E-state index is 11.2. The zero-order chi connectivity index (χ0) is 14.5. The molecule has 0 bridgehead atoms. The van der Waals surface area contributed by atoms with E-state index in [1.165, 1.54) is 0 Å². The van der Waals surface area contributed by atoms with Gasteiger partial charge in [-0.05, 0) is 31.0 Å². The highest BCUT2D eigenvalue weighted by atomic mass is 16.3. The minimum atomic E-state index is -0.105. The Labute approximate surface area is 117 Å². The Balaban J connectivity index is 2.21. The van der Waals surface area contributed by atoms with E-state index in [4.69, 9.17) is 5.11 Å². The fraction of sp³-hybridized carbons (Fsp3) is 0.333. The predicted molar refractivity (Wildman–Crippen MR) is 79.8 cm³/mol. The van der Waals surface area contributed by atoms with Gasteiger partial charge in [-0.3, -0.25) is 4.79 Å². The lowest BCUT2D eigenvalue weighted by Crippen LogP contribution is -2.23. The van der Waals surface area contributed by atoms with Crippen molar-refractivity contribution in [1.29, 1.82) is 0 Å². The molecular weight excluding hydrogens is 254 g/mol. The van der Waals surface area contributed by atoms with Crippen molar-refractivity contribution in [1.82, 2.24) is 9.97 Å². The van der Waals surface area contributed by atoms with Gasteiger partial charge in [0.15, 0.2) is 0 Å². The molecule has 0 amide bonds. The first-order chi connectivity index (χ1) is 9.63. The van der Waals surface area contributed by atoms with E-state index in [1.807, 2.05) is 26.0 Å². The minimum absolute atomic E-state index is 0.0168. The minimum Gasteiger partial charge on any atom is -0.394 e. The van der Waals surface area contributed by atoms with Crippen molar-refractivity contribution in [2.75, 3.05) is 11.9 Å². The summed E-state index contributed by atoms with van der Waals surface area (Å²) >= 11 is 0. The van der Waals surface area contributed by atoms with Crippen molar-refractivity contribution in [2.45, 2.75) is 26.3 Å². The fourth-order valence-electron chi connectivity index (χ4n) is 2.01. The monoisotopic (exact) mass is 273 g/mol. The van der Waals surface area contributed by atoms with Gasteiger partial charge in [0.05, 0.1) is 12.6 Å². The average molecular weight is 273 g/mol. The number of aryl methyl sites for hydroxylation is 1. The molecule has 2 heterocycles. The Morgan fingerprint density at radius 2 is 2.25 bits per heavy atom. The average Bonchev–Trinajstić information content (AvgIpc) is 2.46. The summed E-state index contributed by atoms with van der Waals surface area (Å²) in [5.74, 6) is 0.733. The summed E-state index contributed by atoms with van der Waals surface area (Å²) in [6, 6.07) is 5.40. The van der Waals surface area contributed by atoms with Crippen LogP contribution in [0.3, 0.4) is 0 Å². The number of H-pyrrole nitrogens is 1. The highest BCUT2D eigenvalue weighted by molar-refractivity contribution is 5.66. The summed E-state index contributed by atoms with van der Waals surface area (Å²) < 4.78 is 0. The Morgan fingerprint density at radius 3 is 2.80 bits per heavy atom. The molecule has 2 rings (SSSR count). The van der Waals surface area contributed by atoms with Crippen LogP contribution in [0, 0.1) is 6.92 Å². The van der Waals surface area contributed by atoms with Gasteiger partial charge in [0.25, 0.3) is 0 Å². The molecular formula is C15H19N3O2. The van der Waals surface area contributed by atoms with Gasteiger partial charge in [0.1, 0.15) is 5.82 Å². The molecule has 2 aromatic rings. The van der Waals surface area contributed by atoms with Crippen molar-refractivity contribution in [3.8, 4) is 11.1 Å². The molecule has 5 nitrogen and oxygen atoms in total. The lowest BCUT2D eigenvalue weighted by atomic mass is 10.1. The molecule has 0 saturated heterocycles. The summed E-state index contributed by atoms with van der Waals surface area (Å²) in [5.41, 5.74) is 2.71. The van der Waals surface area contributed by atoms with E-state index in [0.29, 0.717) is 0 Å². The number of pyridine rings is 2. The highest BCUT2D eigenvalue weighted by Gasteiger charge is 2.06. The SMILES string of the molecule is CC[C@H](CO)Nc1ccc(-c2c[nH]c(=O)cc2C)cn1. The van der Waals surface area contributed by atoms with Crippen LogP contribution in [-0.4, -0.2) is 27.7 Å². The number of hydrogen-bond acceptors (Lipinski definition) is 4. The van der Waals surface area contributed by atoms with Gasteiger partial charge < -0.3 is 15.4 Å². The first kappa shape index (κ1) is 14.3. The second kappa shape index (κ2) is 6.34. The molecule has 5 heteroatoms. The van der Waals surface area contributed by atoms with E-state index in [1.54, 1.807) is 18.5 Å². The van der Waals surface area contributed by atoms with Gasteiger partial charge in [-0.1, -0.05) is 6.92 Å². The quantitative estimate of drug-likeness (QED) is 0.778. The zero-order valence-electron chi connectivity index (χ0n) is 11.7. The molecule has 0 spiro atoms. The molecule has 1 atom stereocenters. The summed E-state index contributed by atoms with van der Waals surface area (Å²) in [6.45, 7) is 3.99. The molecule has 0 unspecified atom stereocenters. The molecule has 20 heavy (non-hydrogen) atoms. The third-order valence-corrected chi connectivity index (χ3v) is 3.27. The first-order valence-electron chi connectivity index (χ1n) is 6.67. The Morgan fingerprint density at radius 1 is 1.45 bits per heavy atom. The summed E-state index contributed by atoms with van der Waals surface area (Å²) in [6.07, 6.45) is 4.29. The van der Waals surface area contributed by atoms with Crippen molar-refractivity contribution in [3.63, 3.8) is 0 Å². The summed E-state index contributed by atoms with van der Waals surface area (Å²) in [7, 11) is 0. The molecule has 106 valence electrons. The van der Waals surface area contributed by atoms with E-state index in [9.17, 15) is 4.79 Å². The largest absolute Gasteiger partial charge is 0.394 e. The maximum absolute atomic E-state index is 11.2. The number of aromatic nitrogens is 2. The number of aliphatic hydroxyl groups excluding tert-OH is 1. The number of anilines is 1. The number of aromatic amines is 1. The zero-order valence-corrected chi connectivity index (χ0v) is 11.7. The van der Waals surface area contributed by atoms with Crippen LogP contribution in [0.25, 0.3) is 11.1 Å². The molecule has 0 aliphatic carbocycles. The molecule has 0 radical (unpaired) electrons. The van der Waals surface area contributed by atoms with Crippen molar-refractivity contribution in [3.05, 3.63) is 46.5 Å². The van der Waals surface area contributed by atoms with Crippen molar-refractivity contribution >= 4 is 5.82 Å². The highest BCUT2D eigenvalue weighted by Crippen LogP contribution is 2.21. The summed E-state index contributed by atoms with van der Waals surface area (Å²) in [5, 5.41) is 12.3. The lowest BCUT2D eigenvalue weighted by Gasteiger charge is -2.14. The maximum Gasteiger partial charge on any atom is 0.248 e. The second-order valence-electron chi connectivity index (χ2n) is 4.76. The first-order valence-corrected chi connectivity index (χ1v) is 6.67. The van der Waals surface area contributed by atoms with Crippen LogP contribution in [0.15, 0.2) is 35.4 Å². The standard InChI is InChI=1S/C15H19N3O2/c1-3-12(9-19)18-14-5-4-11(7-16-14)13-8-17-15(20)6-10(13)2/h4-8,12,19H,3,9H2,1-2H3,(H,16,18)(H,17,20)/t12-/m1/s1. The van der Waals surface area contributed by atoms with Gasteiger partial charge in [-0.25, -0.2) is 4.98 Å². The lowest BCUT2D eigenvalue weighted by molar-refractivity contribution is 0.271. The van der Waals surface area contributed by atoms with Crippen LogP contribution in [-0.2, 0) is 0 Å². The molecule has 0 aromatic carbocycles. The van der Waals surface area contributed by atoms with Crippen molar-refractivity contribution < 1.29 is 5.11 Å². The second-order valence-corrected chi connectivity index (χ2v) is 4.76. The topological polar surface area (TPSA) is 78.0 Å². The predicted octanol–water partition coefficient (Wildman–Crippen LogP) is 1.93. The van der Waals surface area contributed by atoms with Crippen LogP contribution in [0.4, 0.5) is 5.82 Å². The summed E-state index contributed by atoms with van der Waals surface area (Å²) in [4.78, 5) is 18.2. The van der Waals surface area contributed by atoms with Crippen LogP contribution < -0.4 is 10.9 Å². The molecule has 0 aliphatic rings. The van der Waals surface area contributed by atoms with Gasteiger partial charge in [0, 0.05) is 29.6 Å². The van der Waals surface area contributed by atoms with E-state index in [2.05, 4.69) is 15.3 Å². The smallest absolute Gasteiger partial charge is 0.248 e. The molecule has 0 fully saturated rings. The molecule has 0 aliphatic heterocycles. The molecule has 3 N–H and O–H groups in total. The third kappa shape index (κ3) is 3.24. The van der Waals surface area contributed by atoms with Gasteiger partial charge >= 0.3 is 0 Å². The number of aliphatic hydroxyl groups is 1.